The van der Waals surface area contributed by atoms with Crippen LogP contribution in [-0.2, 0) is 0 Å². The molecule has 2 N–H and O–H groups in total. The molecule has 1 aromatic rings. The maximum absolute atomic E-state index is 12.1. The fourth-order valence-electron chi connectivity index (χ4n) is 1.89. The van der Waals surface area contributed by atoms with E-state index in [1.165, 1.54) is 0 Å². The highest BCUT2D eigenvalue weighted by molar-refractivity contribution is 7.98. The van der Waals surface area contributed by atoms with Gasteiger partial charge in [0.15, 0.2) is 0 Å². The second-order valence-corrected chi connectivity index (χ2v) is 4.99. The zero-order valence-corrected chi connectivity index (χ0v) is 10.7. The van der Waals surface area contributed by atoms with E-state index in [0.29, 0.717) is 0 Å². The number of urea groups is 1. The number of anilines is 2. The van der Waals surface area contributed by atoms with Gasteiger partial charge in [-0.05, 0) is 30.5 Å². The summed E-state index contributed by atoms with van der Waals surface area (Å²) in [5, 5.41) is 0. The SMILES string of the molecule is CSCCN1CCN(c2ccc(N)cc2)C1=O. The predicted molar refractivity (Wildman–Crippen MR) is 73.6 cm³/mol. The summed E-state index contributed by atoms with van der Waals surface area (Å²) in [7, 11) is 0. The molecule has 92 valence electrons. The lowest BCUT2D eigenvalue weighted by molar-refractivity contribution is 0.223. The van der Waals surface area contributed by atoms with Crippen molar-refractivity contribution in [3.8, 4) is 0 Å². The molecule has 5 heteroatoms. The first-order chi connectivity index (χ1) is 8.22. The minimum absolute atomic E-state index is 0.101. The number of benzene rings is 1. The van der Waals surface area contributed by atoms with Crippen molar-refractivity contribution in [2.75, 3.05) is 42.3 Å². The van der Waals surface area contributed by atoms with E-state index >= 15 is 0 Å². The van der Waals surface area contributed by atoms with Gasteiger partial charge in [0, 0.05) is 36.8 Å². The van der Waals surface area contributed by atoms with Crippen LogP contribution in [0.15, 0.2) is 24.3 Å². The Balaban J connectivity index is 2.04. The monoisotopic (exact) mass is 251 g/mol. The Kier molecular flexibility index (Phi) is 3.78. The number of nitrogens with two attached hydrogens (primary N) is 1. The number of nitrogens with zero attached hydrogens (tertiary/aromatic N) is 2. The first-order valence-electron chi connectivity index (χ1n) is 5.63. The van der Waals surface area contributed by atoms with Crippen molar-refractivity contribution in [3.63, 3.8) is 0 Å². The van der Waals surface area contributed by atoms with E-state index in [2.05, 4.69) is 6.26 Å². The van der Waals surface area contributed by atoms with Crippen LogP contribution in [0.4, 0.5) is 16.2 Å². The van der Waals surface area contributed by atoms with Crippen LogP contribution in [0.5, 0.6) is 0 Å². The van der Waals surface area contributed by atoms with Gasteiger partial charge in [0.1, 0.15) is 0 Å². The second-order valence-electron chi connectivity index (χ2n) is 4.01. The number of hydrogen-bond acceptors (Lipinski definition) is 3. The fraction of sp³-hybridized carbons (Fsp3) is 0.417. The molecule has 1 aromatic carbocycles. The maximum atomic E-state index is 12.1. The standard InChI is InChI=1S/C12H17N3OS/c1-17-9-8-14-6-7-15(12(14)16)11-4-2-10(13)3-5-11/h2-5H,6-9,13H2,1H3. The molecular formula is C12H17N3OS. The molecule has 1 aliphatic heterocycles. The van der Waals surface area contributed by atoms with Crippen molar-refractivity contribution in [2.24, 2.45) is 0 Å². The minimum Gasteiger partial charge on any atom is -0.399 e. The summed E-state index contributed by atoms with van der Waals surface area (Å²) in [4.78, 5) is 15.8. The molecule has 0 saturated carbocycles. The topological polar surface area (TPSA) is 49.6 Å². The van der Waals surface area contributed by atoms with Crippen LogP contribution in [0.2, 0.25) is 0 Å². The predicted octanol–water partition coefficient (Wildman–Crippen LogP) is 1.87. The van der Waals surface area contributed by atoms with Crippen molar-refractivity contribution >= 4 is 29.2 Å². The van der Waals surface area contributed by atoms with Gasteiger partial charge in [0.2, 0.25) is 0 Å². The Morgan fingerprint density at radius 2 is 2.00 bits per heavy atom. The van der Waals surface area contributed by atoms with Gasteiger partial charge in [0.05, 0.1) is 0 Å². The molecule has 1 heterocycles. The lowest BCUT2D eigenvalue weighted by atomic mass is 10.2. The van der Waals surface area contributed by atoms with E-state index in [0.717, 1.165) is 36.8 Å². The largest absolute Gasteiger partial charge is 0.399 e. The van der Waals surface area contributed by atoms with Crippen molar-refractivity contribution < 1.29 is 4.79 Å². The molecular weight excluding hydrogens is 234 g/mol. The molecule has 2 rings (SSSR count). The van der Waals surface area contributed by atoms with Crippen LogP contribution in [0.3, 0.4) is 0 Å². The number of rotatable bonds is 4. The maximum Gasteiger partial charge on any atom is 0.324 e. The molecule has 2 amide bonds. The smallest absolute Gasteiger partial charge is 0.324 e. The Labute approximate surface area is 106 Å². The van der Waals surface area contributed by atoms with Gasteiger partial charge >= 0.3 is 6.03 Å². The van der Waals surface area contributed by atoms with E-state index in [-0.39, 0.29) is 6.03 Å². The molecule has 0 unspecified atom stereocenters. The molecule has 0 radical (unpaired) electrons. The molecule has 0 bridgehead atoms. The molecule has 1 aliphatic rings. The first-order valence-corrected chi connectivity index (χ1v) is 7.02. The highest BCUT2D eigenvalue weighted by atomic mass is 32.2. The number of thioether (sulfide) groups is 1. The summed E-state index contributed by atoms with van der Waals surface area (Å²) in [6.07, 6.45) is 2.05. The zero-order chi connectivity index (χ0) is 12.3. The normalized spacial score (nSPS) is 15.7. The van der Waals surface area contributed by atoms with Gasteiger partial charge in [0.25, 0.3) is 0 Å². The third-order valence-electron chi connectivity index (χ3n) is 2.87. The average Bonchev–Trinajstić information content (AvgIpc) is 2.69. The fourth-order valence-corrected chi connectivity index (χ4v) is 2.29. The van der Waals surface area contributed by atoms with Crippen molar-refractivity contribution in [1.82, 2.24) is 4.90 Å². The van der Waals surface area contributed by atoms with Gasteiger partial charge in [-0.1, -0.05) is 0 Å². The first kappa shape index (κ1) is 12.1. The van der Waals surface area contributed by atoms with Gasteiger partial charge in [-0.15, -0.1) is 0 Å². The second kappa shape index (κ2) is 5.31. The molecule has 1 fully saturated rings. The van der Waals surface area contributed by atoms with E-state index < -0.39 is 0 Å². The lowest BCUT2D eigenvalue weighted by Gasteiger charge is -2.18. The van der Waals surface area contributed by atoms with Gasteiger partial charge in [-0.3, -0.25) is 4.90 Å². The zero-order valence-electron chi connectivity index (χ0n) is 9.93. The summed E-state index contributed by atoms with van der Waals surface area (Å²) >= 11 is 1.76. The van der Waals surface area contributed by atoms with E-state index in [1.54, 1.807) is 16.7 Å². The van der Waals surface area contributed by atoms with Gasteiger partial charge in [-0.25, -0.2) is 4.79 Å². The number of carbonyl (C=O) groups is 1. The lowest BCUT2D eigenvalue weighted by Crippen LogP contribution is -2.33. The van der Waals surface area contributed by atoms with Gasteiger partial charge in [-0.2, -0.15) is 11.8 Å². The molecule has 0 spiro atoms. The Bertz CT molecular complexity index is 393. The number of nitrogen functional groups attached to an aromatic ring is 1. The third-order valence-corrected chi connectivity index (χ3v) is 3.46. The Hall–Kier alpha value is -1.36. The molecule has 0 aliphatic carbocycles. The van der Waals surface area contributed by atoms with Crippen molar-refractivity contribution in [3.05, 3.63) is 24.3 Å². The Morgan fingerprint density at radius 3 is 2.65 bits per heavy atom. The van der Waals surface area contributed by atoms with E-state index in [1.807, 2.05) is 29.2 Å². The molecule has 1 saturated heterocycles. The quantitative estimate of drug-likeness (QED) is 0.831. The summed E-state index contributed by atoms with van der Waals surface area (Å²) < 4.78 is 0. The number of amides is 2. The molecule has 0 aromatic heterocycles. The molecule has 17 heavy (non-hydrogen) atoms. The van der Waals surface area contributed by atoms with Crippen LogP contribution in [0.1, 0.15) is 0 Å². The molecule has 4 nitrogen and oxygen atoms in total. The van der Waals surface area contributed by atoms with Crippen molar-refractivity contribution in [2.45, 2.75) is 0 Å². The summed E-state index contributed by atoms with van der Waals surface area (Å²) in [5.41, 5.74) is 7.29. The van der Waals surface area contributed by atoms with Crippen molar-refractivity contribution in [1.29, 1.82) is 0 Å². The van der Waals surface area contributed by atoms with Crippen LogP contribution >= 0.6 is 11.8 Å². The van der Waals surface area contributed by atoms with Crippen LogP contribution in [-0.4, -0.2) is 42.6 Å². The third kappa shape index (κ3) is 2.66. The highest BCUT2D eigenvalue weighted by Crippen LogP contribution is 2.21. The Morgan fingerprint density at radius 1 is 1.29 bits per heavy atom. The highest BCUT2D eigenvalue weighted by Gasteiger charge is 2.28. The number of hydrogen-bond donors (Lipinski definition) is 1. The summed E-state index contributed by atoms with van der Waals surface area (Å²) in [6.45, 7) is 2.40. The van der Waals surface area contributed by atoms with Crippen LogP contribution < -0.4 is 10.6 Å². The summed E-state index contributed by atoms with van der Waals surface area (Å²) in [6, 6.07) is 7.54. The average molecular weight is 251 g/mol. The van der Waals surface area contributed by atoms with Crippen LogP contribution in [0, 0.1) is 0 Å². The van der Waals surface area contributed by atoms with Crippen LogP contribution in [0.25, 0.3) is 0 Å². The number of carbonyl (C=O) groups excluding carboxylic acids is 1. The van der Waals surface area contributed by atoms with E-state index in [9.17, 15) is 4.79 Å². The molecule has 0 atom stereocenters. The van der Waals surface area contributed by atoms with E-state index in [4.69, 9.17) is 5.73 Å². The van der Waals surface area contributed by atoms with Gasteiger partial charge < -0.3 is 10.6 Å². The minimum atomic E-state index is 0.101. The summed E-state index contributed by atoms with van der Waals surface area (Å²) in [5.74, 6) is 0.987.